The van der Waals surface area contributed by atoms with Crippen LogP contribution in [0.4, 0.5) is 5.95 Å². The molecule has 1 aliphatic heterocycles. The zero-order valence-electron chi connectivity index (χ0n) is 12.7. The van der Waals surface area contributed by atoms with E-state index < -0.39 is 0 Å². The monoisotopic (exact) mass is 286 g/mol. The van der Waals surface area contributed by atoms with Crippen LogP contribution in [0.1, 0.15) is 19.8 Å². The van der Waals surface area contributed by atoms with Gasteiger partial charge < -0.3 is 14.4 Å². The fourth-order valence-corrected chi connectivity index (χ4v) is 2.94. The second-order valence-electron chi connectivity index (χ2n) is 5.58. The Morgan fingerprint density at radius 1 is 1.19 bits per heavy atom. The lowest BCUT2D eigenvalue weighted by Crippen LogP contribution is -2.49. The fourth-order valence-electron chi connectivity index (χ4n) is 2.94. The van der Waals surface area contributed by atoms with Crippen LogP contribution in [0.3, 0.4) is 0 Å². The van der Waals surface area contributed by atoms with E-state index in [9.17, 15) is 4.79 Å². The number of rotatable bonds is 3. The van der Waals surface area contributed by atoms with Gasteiger partial charge in [-0.1, -0.05) is 19.1 Å². The van der Waals surface area contributed by atoms with Crippen molar-refractivity contribution in [3.63, 3.8) is 0 Å². The Morgan fingerprint density at radius 2 is 1.90 bits per heavy atom. The van der Waals surface area contributed by atoms with Gasteiger partial charge in [-0.25, -0.2) is 4.98 Å². The second-order valence-corrected chi connectivity index (χ2v) is 5.58. The number of carbonyl (C=O) groups is 1. The van der Waals surface area contributed by atoms with Crippen LogP contribution in [-0.2, 0) is 11.8 Å². The Hall–Kier alpha value is -2.04. The van der Waals surface area contributed by atoms with Gasteiger partial charge in [-0.15, -0.1) is 0 Å². The molecule has 3 rings (SSSR count). The molecule has 1 aliphatic rings. The number of amides is 1. The number of anilines is 1. The summed E-state index contributed by atoms with van der Waals surface area (Å²) in [5.74, 6) is 1.28. The van der Waals surface area contributed by atoms with E-state index in [0.29, 0.717) is 6.42 Å². The van der Waals surface area contributed by atoms with E-state index in [-0.39, 0.29) is 5.91 Å². The van der Waals surface area contributed by atoms with Gasteiger partial charge in [0, 0.05) is 39.6 Å². The van der Waals surface area contributed by atoms with Gasteiger partial charge in [0.05, 0.1) is 11.0 Å². The molecule has 1 aromatic heterocycles. The molecule has 1 saturated heterocycles. The number of aryl methyl sites for hydroxylation is 1. The molecule has 0 bridgehead atoms. The lowest BCUT2D eigenvalue weighted by molar-refractivity contribution is -0.131. The van der Waals surface area contributed by atoms with Crippen molar-refractivity contribution in [2.24, 2.45) is 7.05 Å². The highest BCUT2D eigenvalue weighted by Crippen LogP contribution is 2.22. The van der Waals surface area contributed by atoms with E-state index in [2.05, 4.69) is 22.6 Å². The van der Waals surface area contributed by atoms with Crippen molar-refractivity contribution in [2.75, 3.05) is 31.1 Å². The van der Waals surface area contributed by atoms with Gasteiger partial charge in [0.1, 0.15) is 0 Å². The first-order chi connectivity index (χ1) is 10.2. The van der Waals surface area contributed by atoms with Gasteiger partial charge in [0.25, 0.3) is 0 Å². The topological polar surface area (TPSA) is 41.4 Å². The van der Waals surface area contributed by atoms with Crippen LogP contribution in [0, 0.1) is 0 Å². The molecule has 0 radical (unpaired) electrons. The molecule has 2 heterocycles. The van der Waals surface area contributed by atoms with Crippen molar-refractivity contribution in [1.82, 2.24) is 14.5 Å². The number of piperazine rings is 1. The summed E-state index contributed by atoms with van der Waals surface area (Å²) in [5.41, 5.74) is 2.18. The molecule has 0 N–H and O–H groups in total. The number of nitrogens with zero attached hydrogens (tertiary/aromatic N) is 4. The van der Waals surface area contributed by atoms with Crippen molar-refractivity contribution in [3.8, 4) is 0 Å². The van der Waals surface area contributed by atoms with Crippen molar-refractivity contribution in [1.29, 1.82) is 0 Å². The number of carbonyl (C=O) groups excluding carboxylic acids is 1. The molecule has 0 saturated carbocycles. The Kier molecular flexibility index (Phi) is 3.82. The molecule has 0 unspecified atom stereocenters. The van der Waals surface area contributed by atoms with E-state index in [0.717, 1.165) is 49.6 Å². The van der Waals surface area contributed by atoms with E-state index in [1.54, 1.807) is 0 Å². The van der Waals surface area contributed by atoms with Crippen molar-refractivity contribution < 1.29 is 4.79 Å². The molecular formula is C16H22N4O. The summed E-state index contributed by atoms with van der Waals surface area (Å²) in [7, 11) is 2.05. The van der Waals surface area contributed by atoms with Gasteiger partial charge in [0.15, 0.2) is 0 Å². The van der Waals surface area contributed by atoms with Crippen LogP contribution in [0.25, 0.3) is 11.0 Å². The minimum Gasteiger partial charge on any atom is -0.339 e. The zero-order chi connectivity index (χ0) is 14.8. The number of fused-ring (bicyclic) bond motifs is 1. The number of hydrogen-bond acceptors (Lipinski definition) is 3. The van der Waals surface area contributed by atoms with Gasteiger partial charge in [0.2, 0.25) is 11.9 Å². The minimum atomic E-state index is 0.280. The average Bonchev–Trinajstić information content (AvgIpc) is 2.85. The maximum atomic E-state index is 11.9. The number of benzene rings is 1. The zero-order valence-corrected chi connectivity index (χ0v) is 12.7. The lowest BCUT2D eigenvalue weighted by atomic mass is 10.2. The van der Waals surface area contributed by atoms with Crippen molar-refractivity contribution >= 4 is 22.9 Å². The molecule has 2 aromatic rings. The first-order valence-electron chi connectivity index (χ1n) is 7.65. The van der Waals surface area contributed by atoms with Crippen LogP contribution in [0.15, 0.2) is 24.3 Å². The van der Waals surface area contributed by atoms with Gasteiger partial charge in [-0.3, -0.25) is 4.79 Å². The summed E-state index contributed by atoms with van der Waals surface area (Å²) in [6.45, 7) is 5.34. The maximum absolute atomic E-state index is 11.9. The first kappa shape index (κ1) is 13.9. The SMILES string of the molecule is CCCC(=O)N1CCN(c2nc3ccccc3n2C)CC1. The smallest absolute Gasteiger partial charge is 0.222 e. The summed E-state index contributed by atoms with van der Waals surface area (Å²) in [6, 6.07) is 8.18. The van der Waals surface area contributed by atoms with Crippen molar-refractivity contribution in [3.05, 3.63) is 24.3 Å². The Balaban J connectivity index is 1.74. The highest BCUT2D eigenvalue weighted by Gasteiger charge is 2.23. The molecule has 0 atom stereocenters. The number of hydrogen-bond donors (Lipinski definition) is 0. The fraction of sp³-hybridized carbons (Fsp3) is 0.500. The quantitative estimate of drug-likeness (QED) is 0.867. The van der Waals surface area contributed by atoms with Crippen LogP contribution in [-0.4, -0.2) is 46.5 Å². The molecule has 1 fully saturated rings. The summed E-state index contributed by atoms with van der Waals surface area (Å²) < 4.78 is 2.14. The van der Waals surface area contributed by atoms with Gasteiger partial charge >= 0.3 is 0 Å². The lowest BCUT2D eigenvalue weighted by Gasteiger charge is -2.35. The average molecular weight is 286 g/mol. The van der Waals surface area contributed by atoms with Crippen molar-refractivity contribution in [2.45, 2.75) is 19.8 Å². The highest BCUT2D eigenvalue weighted by atomic mass is 16.2. The highest BCUT2D eigenvalue weighted by molar-refractivity contribution is 5.79. The molecule has 0 aliphatic carbocycles. The first-order valence-corrected chi connectivity index (χ1v) is 7.65. The van der Waals surface area contributed by atoms with Crippen LogP contribution in [0.2, 0.25) is 0 Å². The summed E-state index contributed by atoms with van der Waals surface area (Å²) in [5, 5.41) is 0. The molecular weight excluding hydrogens is 264 g/mol. The standard InChI is InChI=1S/C16H22N4O/c1-3-6-15(21)19-9-11-20(12-10-19)16-17-13-7-4-5-8-14(13)18(16)2/h4-5,7-8H,3,6,9-12H2,1-2H3. The Labute approximate surface area is 125 Å². The molecule has 1 aromatic carbocycles. The number of aromatic nitrogens is 2. The summed E-state index contributed by atoms with van der Waals surface area (Å²) >= 11 is 0. The number of para-hydroxylation sites is 2. The predicted molar refractivity (Wildman–Crippen MR) is 84.4 cm³/mol. The van der Waals surface area contributed by atoms with Crippen LogP contribution >= 0.6 is 0 Å². The third-order valence-electron chi connectivity index (χ3n) is 4.14. The third-order valence-corrected chi connectivity index (χ3v) is 4.14. The molecule has 5 nitrogen and oxygen atoms in total. The third kappa shape index (κ3) is 2.60. The largest absolute Gasteiger partial charge is 0.339 e. The summed E-state index contributed by atoms with van der Waals surface area (Å²) in [4.78, 5) is 20.9. The summed E-state index contributed by atoms with van der Waals surface area (Å²) in [6.07, 6.45) is 1.58. The Bertz CT molecular complexity index is 641. The van der Waals surface area contributed by atoms with E-state index in [1.807, 2.05) is 30.0 Å². The maximum Gasteiger partial charge on any atom is 0.222 e. The van der Waals surface area contributed by atoms with Crippen LogP contribution in [0.5, 0.6) is 0 Å². The Morgan fingerprint density at radius 3 is 2.57 bits per heavy atom. The molecule has 112 valence electrons. The van der Waals surface area contributed by atoms with E-state index in [1.165, 1.54) is 0 Å². The normalized spacial score (nSPS) is 15.7. The van der Waals surface area contributed by atoms with Gasteiger partial charge in [-0.2, -0.15) is 0 Å². The molecule has 0 spiro atoms. The van der Waals surface area contributed by atoms with Gasteiger partial charge in [-0.05, 0) is 18.6 Å². The molecule has 5 heteroatoms. The predicted octanol–water partition coefficient (Wildman–Crippen LogP) is 2.02. The minimum absolute atomic E-state index is 0.280. The molecule has 21 heavy (non-hydrogen) atoms. The second kappa shape index (κ2) is 5.76. The van der Waals surface area contributed by atoms with Crippen LogP contribution < -0.4 is 4.90 Å². The molecule has 1 amide bonds. The van der Waals surface area contributed by atoms with E-state index in [4.69, 9.17) is 4.98 Å². The van der Waals surface area contributed by atoms with E-state index >= 15 is 0 Å². The number of imidazole rings is 1.